The Morgan fingerprint density at radius 2 is 2.09 bits per heavy atom. The molecule has 1 aromatic rings. The fraction of sp³-hybridized carbons (Fsp3) is 0.647. The maximum Gasteiger partial charge on any atom is 0.257 e. The van der Waals surface area contributed by atoms with Crippen LogP contribution in [0.1, 0.15) is 49.9 Å². The summed E-state index contributed by atoms with van der Waals surface area (Å²) in [4.78, 5) is 18.9. The summed E-state index contributed by atoms with van der Waals surface area (Å²) >= 11 is 0. The van der Waals surface area contributed by atoms with E-state index in [2.05, 4.69) is 24.1 Å². The number of aliphatic hydroxyl groups excluding tert-OH is 1. The molecule has 5 heteroatoms. The van der Waals surface area contributed by atoms with Gasteiger partial charge in [-0.15, -0.1) is 0 Å². The van der Waals surface area contributed by atoms with Crippen molar-refractivity contribution in [1.29, 1.82) is 0 Å². The maximum atomic E-state index is 12.7. The van der Waals surface area contributed by atoms with Crippen LogP contribution in [0.25, 0.3) is 0 Å². The monoisotopic (exact) mass is 305 g/mol. The van der Waals surface area contributed by atoms with Crippen LogP contribution >= 0.6 is 0 Å². The minimum atomic E-state index is -0.0439. The number of pyridine rings is 1. The lowest BCUT2D eigenvalue weighted by Crippen LogP contribution is -2.36. The second kappa shape index (κ2) is 7.58. The van der Waals surface area contributed by atoms with Gasteiger partial charge in [0.2, 0.25) is 0 Å². The van der Waals surface area contributed by atoms with Gasteiger partial charge in [0.1, 0.15) is 5.82 Å². The van der Waals surface area contributed by atoms with Crippen molar-refractivity contribution in [1.82, 2.24) is 9.88 Å². The highest BCUT2D eigenvalue weighted by molar-refractivity contribution is 5.98. The number of carbonyl (C=O) groups excluding carboxylic acids is 1. The van der Waals surface area contributed by atoms with Crippen LogP contribution in [0, 0.1) is 5.41 Å². The van der Waals surface area contributed by atoms with Gasteiger partial charge in [-0.2, -0.15) is 0 Å². The molecule has 0 unspecified atom stereocenters. The van der Waals surface area contributed by atoms with Gasteiger partial charge < -0.3 is 15.3 Å². The van der Waals surface area contributed by atoms with E-state index in [4.69, 9.17) is 5.11 Å². The van der Waals surface area contributed by atoms with Gasteiger partial charge in [-0.1, -0.05) is 13.8 Å². The zero-order valence-electron chi connectivity index (χ0n) is 13.6. The molecule has 0 radical (unpaired) electrons. The average molecular weight is 305 g/mol. The Morgan fingerprint density at radius 1 is 1.36 bits per heavy atom. The fourth-order valence-electron chi connectivity index (χ4n) is 2.70. The molecule has 1 amide bonds. The van der Waals surface area contributed by atoms with Crippen LogP contribution in [0.4, 0.5) is 5.82 Å². The molecule has 0 atom stereocenters. The Hall–Kier alpha value is -1.62. The van der Waals surface area contributed by atoms with Crippen LogP contribution in [0.3, 0.4) is 0 Å². The number of aliphatic hydroxyl groups is 1. The SMILES string of the molecule is CC(C)(CCO)CNc1ncccc1C(=O)N1CCCCC1. The summed E-state index contributed by atoms with van der Waals surface area (Å²) < 4.78 is 0. The highest BCUT2D eigenvalue weighted by Crippen LogP contribution is 2.23. The summed E-state index contributed by atoms with van der Waals surface area (Å²) in [7, 11) is 0. The van der Waals surface area contributed by atoms with Crippen molar-refractivity contribution in [3.8, 4) is 0 Å². The zero-order valence-corrected chi connectivity index (χ0v) is 13.6. The fourth-order valence-corrected chi connectivity index (χ4v) is 2.70. The summed E-state index contributed by atoms with van der Waals surface area (Å²) in [5.41, 5.74) is 0.599. The normalized spacial score (nSPS) is 15.7. The molecule has 0 aromatic carbocycles. The predicted molar refractivity (Wildman–Crippen MR) is 88.0 cm³/mol. The summed E-state index contributed by atoms with van der Waals surface area (Å²) in [5.74, 6) is 0.708. The van der Waals surface area contributed by atoms with E-state index in [0.29, 0.717) is 24.3 Å². The second-order valence-electron chi connectivity index (χ2n) is 6.74. The van der Waals surface area contributed by atoms with Crippen molar-refractivity contribution in [3.63, 3.8) is 0 Å². The lowest BCUT2D eigenvalue weighted by Gasteiger charge is -2.28. The van der Waals surface area contributed by atoms with Gasteiger partial charge in [0.25, 0.3) is 5.91 Å². The van der Waals surface area contributed by atoms with Gasteiger partial charge in [-0.05, 0) is 43.2 Å². The molecule has 122 valence electrons. The van der Waals surface area contributed by atoms with Crippen LogP contribution in [0.2, 0.25) is 0 Å². The molecule has 2 N–H and O–H groups in total. The minimum absolute atomic E-state index is 0.0439. The standard InChI is InChI=1S/C17H27N3O2/c1-17(2,8-12-21)13-19-15-14(7-6-9-18-15)16(22)20-10-4-3-5-11-20/h6-7,9,21H,3-5,8,10-13H2,1-2H3,(H,18,19). The largest absolute Gasteiger partial charge is 0.396 e. The van der Waals surface area contributed by atoms with Crippen molar-refractivity contribution in [2.24, 2.45) is 5.41 Å². The van der Waals surface area contributed by atoms with Crippen LogP contribution < -0.4 is 5.32 Å². The quantitative estimate of drug-likeness (QED) is 0.847. The van der Waals surface area contributed by atoms with E-state index in [-0.39, 0.29) is 17.9 Å². The average Bonchev–Trinajstić information content (AvgIpc) is 2.53. The Kier molecular flexibility index (Phi) is 5.77. The van der Waals surface area contributed by atoms with Crippen molar-refractivity contribution in [2.75, 3.05) is 31.6 Å². The summed E-state index contributed by atoms with van der Waals surface area (Å²) in [6, 6.07) is 3.65. The summed E-state index contributed by atoms with van der Waals surface area (Å²) in [5, 5.41) is 12.4. The smallest absolute Gasteiger partial charge is 0.257 e. The third kappa shape index (κ3) is 4.44. The molecule has 5 nitrogen and oxygen atoms in total. The van der Waals surface area contributed by atoms with Crippen molar-refractivity contribution in [3.05, 3.63) is 23.9 Å². The van der Waals surface area contributed by atoms with Crippen molar-refractivity contribution in [2.45, 2.75) is 39.5 Å². The third-order valence-electron chi connectivity index (χ3n) is 4.20. The number of hydrogen-bond donors (Lipinski definition) is 2. The van der Waals surface area contributed by atoms with Gasteiger partial charge in [-0.3, -0.25) is 4.79 Å². The van der Waals surface area contributed by atoms with Gasteiger partial charge in [0, 0.05) is 32.4 Å². The van der Waals surface area contributed by atoms with E-state index >= 15 is 0 Å². The minimum Gasteiger partial charge on any atom is -0.396 e. The third-order valence-corrected chi connectivity index (χ3v) is 4.20. The molecule has 1 aromatic heterocycles. The lowest BCUT2D eigenvalue weighted by atomic mass is 9.90. The molecule has 1 fully saturated rings. The molecule has 2 rings (SSSR count). The molecular formula is C17H27N3O2. The molecular weight excluding hydrogens is 278 g/mol. The van der Waals surface area contributed by atoms with Gasteiger partial charge in [0.05, 0.1) is 5.56 Å². The molecule has 0 bridgehead atoms. The molecule has 1 saturated heterocycles. The highest BCUT2D eigenvalue weighted by atomic mass is 16.3. The van der Waals surface area contributed by atoms with Gasteiger partial charge in [0.15, 0.2) is 0 Å². The number of nitrogens with zero attached hydrogens (tertiary/aromatic N) is 2. The van der Waals surface area contributed by atoms with Crippen LogP contribution in [-0.4, -0.2) is 47.1 Å². The van der Waals surface area contributed by atoms with Crippen molar-refractivity contribution < 1.29 is 9.90 Å². The van der Waals surface area contributed by atoms with E-state index in [1.807, 2.05) is 11.0 Å². The number of aromatic nitrogens is 1. The number of carbonyl (C=O) groups is 1. The highest BCUT2D eigenvalue weighted by Gasteiger charge is 2.23. The Balaban J connectivity index is 2.07. The number of piperidine rings is 1. The molecule has 1 aliphatic heterocycles. The predicted octanol–water partition coefficient (Wildman–Crippen LogP) is 2.53. The molecule has 0 spiro atoms. The molecule has 0 saturated carbocycles. The van der Waals surface area contributed by atoms with E-state index in [1.54, 1.807) is 12.3 Å². The van der Waals surface area contributed by atoms with Gasteiger partial charge >= 0.3 is 0 Å². The number of amides is 1. The Bertz CT molecular complexity index is 496. The topological polar surface area (TPSA) is 65.5 Å². The van der Waals surface area contributed by atoms with E-state index < -0.39 is 0 Å². The molecule has 1 aliphatic rings. The first-order chi connectivity index (χ1) is 10.5. The lowest BCUT2D eigenvalue weighted by molar-refractivity contribution is 0.0725. The van der Waals surface area contributed by atoms with Crippen LogP contribution in [0.15, 0.2) is 18.3 Å². The number of rotatable bonds is 6. The summed E-state index contributed by atoms with van der Waals surface area (Å²) in [6.45, 7) is 6.68. The Labute approximate surface area is 132 Å². The molecule has 2 heterocycles. The first-order valence-electron chi connectivity index (χ1n) is 8.12. The zero-order chi connectivity index (χ0) is 16.0. The number of hydrogen-bond acceptors (Lipinski definition) is 4. The van der Waals surface area contributed by atoms with E-state index in [1.165, 1.54) is 6.42 Å². The van der Waals surface area contributed by atoms with Gasteiger partial charge in [-0.25, -0.2) is 4.98 Å². The first-order valence-corrected chi connectivity index (χ1v) is 8.12. The number of nitrogens with one attached hydrogen (secondary N) is 1. The number of likely N-dealkylation sites (tertiary alicyclic amines) is 1. The maximum absolute atomic E-state index is 12.7. The second-order valence-corrected chi connectivity index (χ2v) is 6.74. The van der Waals surface area contributed by atoms with Crippen LogP contribution in [-0.2, 0) is 0 Å². The van der Waals surface area contributed by atoms with E-state index in [0.717, 1.165) is 25.9 Å². The molecule has 22 heavy (non-hydrogen) atoms. The van der Waals surface area contributed by atoms with Crippen LogP contribution in [0.5, 0.6) is 0 Å². The first kappa shape index (κ1) is 16.7. The summed E-state index contributed by atoms with van der Waals surface area (Å²) in [6.07, 6.45) is 5.78. The molecule has 0 aliphatic carbocycles. The van der Waals surface area contributed by atoms with Crippen molar-refractivity contribution >= 4 is 11.7 Å². The Morgan fingerprint density at radius 3 is 2.77 bits per heavy atom. The van der Waals surface area contributed by atoms with E-state index in [9.17, 15) is 4.79 Å². The number of anilines is 1.